The van der Waals surface area contributed by atoms with Crippen molar-refractivity contribution < 1.29 is 9.47 Å². The Morgan fingerprint density at radius 2 is 1.66 bits per heavy atom. The second-order valence-electron chi connectivity index (χ2n) is 6.57. The number of hydrogen-bond donors (Lipinski definition) is 0. The molecule has 0 N–H and O–H groups in total. The molecule has 0 atom stereocenters. The van der Waals surface area contributed by atoms with E-state index in [2.05, 4.69) is 15.0 Å². The van der Waals surface area contributed by atoms with Crippen LogP contribution in [0.4, 0.5) is 0 Å². The Balaban J connectivity index is 1.65. The van der Waals surface area contributed by atoms with Crippen molar-refractivity contribution in [2.45, 2.75) is 13.0 Å². The molecule has 2 heterocycles. The zero-order chi connectivity index (χ0) is 20.2. The normalized spacial score (nSPS) is 10.8. The molecule has 0 bridgehead atoms. The average Bonchev–Trinajstić information content (AvgIpc) is 2.78. The highest BCUT2D eigenvalue weighted by Gasteiger charge is 2.08. The van der Waals surface area contributed by atoms with Crippen molar-refractivity contribution in [3.8, 4) is 22.6 Å². The van der Waals surface area contributed by atoms with Gasteiger partial charge < -0.3 is 9.47 Å². The molecule has 0 amide bonds. The van der Waals surface area contributed by atoms with E-state index in [1.165, 1.54) is 6.33 Å². The van der Waals surface area contributed by atoms with Crippen molar-refractivity contribution in [2.75, 3.05) is 14.2 Å². The Bertz CT molecular complexity index is 1180. The van der Waals surface area contributed by atoms with E-state index in [1.54, 1.807) is 37.5 Å². The van der Waals surface area contributed by atoms with Gasteiger partial charge in [-0.1, -0.05) is 6.07 Å². The first-order valence-electron chi connectivity index (χ1n) is 9.14. The number of methoxy groups -OCH3 is 2. The molecule has 146 valence electrons. The maximum absolute atomic E-state index is 13.0. The molecule has 2 aromatic carbocycles. The van der Waals surface area contributed by atoms with Crippen LogP contribution < -0.4 is 15.0 Å². The van der Waals surface area contributed by atoms with Gasteiger partial charge in [-0.15, -0.1) is 0 Å². The SMILES string of the molecule is COc1cc(CCn2cnc3ccc(-c4cncnc4)cc3c2=O)cc(OC)c1. The zero-order valence-corrected chi connectivity index (χ0v) is 16.2. The van der Waals surface area contributed by atoms with Crippen LogP contribution in [0.2, 0.25) is 0 Å². The molecule has 4 rings (SSSR count). The van der Waals surface area contributed by atoms with Gasteiger partial charge in [0.15, 0.2) is 0 Å². The van der Waals surface area contributed by atoms with Crippen molar-refractivity contribution in [2.24, 2.45) is 0 Å². The van der Waals surface area contributed by atoms with E-state index in [4.69, 9.17) is 9.47 Å². The van der Waals surface area contributed by atoms with Crippen LogP contribution >= 0.6 is 0 Å². The fourth-order valence-electron chi connectivity index (χ4n) is 3.21. The molecule has 0 unspecified atom stereocenters. The van der Waals surface area contributed by atoms with Crippen LogP contribution in [0.1, 0.15) is 5.56 Å². The minimum Gasteiger partial charge on any atom is -0.497 e. The van der Waals surface area contributed by atoms with Gasteiger partial charge in [0.2, 0.25) is 0 Å². The van der Waals surface area contributed by atoms with Crippen molar-refractivity contribution in [1.82, 2.24) is 19.5 Å². The van der Waals surface area contributed by atoms with Gasteiger partial charge >= 0.3 is 0 Å². The fraction of sp³-hybridized carbons (Fsp3) is 0.182. The largest absolute Gasteiger partial charge is 0.497 e. The Labute approximate surface area is 167 Å². The van der Waals surface area contributed by atoms with Crippen LogP contribution in [-0.2, 0) is 13.0 Å². The predicted molar refractivity (Wildman–Crippen MR) is 110 cm³/mol. The highest BCUT2D eigenvalue weighted by atomic mass is 16.5. The lowest BCUT2D eigenvalue weighted by atomic mass is 10.1. The van der Waals surface area contributed by atoms with Gasteiger partial charge in [0.05, 0.1) is 31.4 Å². The average molecular weight is 388 g/mol. The lowest BCUT2D eigenvalue weighted by Gasteiger charge is -2.10. The molecule has 0 aliphatic carbocycles. The second-order valence-corrected chi connectivity index (χ2v) is 6.57. The number of benzene rings is 2. The van der Waals surface area contributed by atoms with Crippen molar-refractivity contribution in [3.05, 3.63) is 77.4 Å². The molecule has 0 radical (unpaired) electrons. The van der Waals surface area contributed by atoms with E-state index in [1.807, 2.05) is 36.4 Å². The summed E-state index contributed by atoms with van der Waals surface area (Å²) in [6.45, 7) is 0.497. The van der Waals surface area contributed by atoms with E-state index in [-0.39, 0.29) is 5.56 Å². The van der Waals surface area contributed by atoms with Crippen LogP contribution in [-0.4, -0.2) is 33.7 Å². The quantitative estimate of drug-likeness (QED) is 0.505. The van der Waals surface area contributed by atoms with Crippen LogP contribution in [0.25, 0.3) is 22.0 Å². The Kier molecular flexibility index (Phi) is 5.20. The number of rotatable bonds is 6. The molecule has 4 aromatic rings. The minimum atomic E-state index is -0.0800. The lowest BCUT2D eigenvalue weighted by Crippen LogP contribution is -2.21. The Hall–Kier alpha value is -3.74. The van der Waals surface area contributed by atoms with Gasteiger partial charge in [-0.25, -0.2) is 15.0 Å². The third-order valence-electron chi connectivity index (χ3n) is 4.77. The van der Waals surface area contributed by atoms with E-state index in [9.17, 15) is 4.79 Å². The molecule has 0 saturated heterocycles. The maximum atomic E-state index is 13.0. The minimum absolute atomic E-state index is 0.0800. The highest BCUT2D eigenvalue weighted by Crippen LogP contribution is 2.23. The molecule has 0 aliphatic heterocycles. The molecule has 2 aromatic heterocycles. The van der Waals surface area contributed by atoms with Crippen molar-refractivity contribution >= 4 is 10.9 Å². The smallest absolute Gasteiger partial charge is 0.261 e. The van der Waals surface area contributed by atoms with Crippen molar-refractivity contribution in [1.29, 1.82) is 0 Å². The number of ether oxygens (including phenoxy) is 2. The van der Waals surface area contributed by atoms with E-state index in [0.717, 1.165) is 28.2 Å². The lowest BCUT2D eigenvalue weighted by molar-refractivity contribution is 0.393. The van der Waals surface area contributed by atoms with Crippen LogP contribution in [0.5, 0.6) is 11.5 Å². The second kappa shape index (κ2) is 8.10. The fourth-order valence-corrected chi connectivity index (χ4v) is 3.21. The summed E-state index contributed by atoms with van der Waals surface area (Å²) in [6, 6.07) is 11.3. The first kappa shape index (κ1) is 18.6. The molecule has 0 aliphatic rings. The number of nitrogens with zero attached hydrogens (tertiary/aromatic N) is 4. The summed E-state index contributed by atoms with van der Waals surface area (Å²) in [4.78, 5) is 25.5. The maximum Gasteiger partial charge on any atom is 0.261 e. The van der Waals surface area contributed by atoms with Gasteiger partial charge in [-0.3, -0.25) is 9.36 Å². The zero-order valence-electron chi connectivity index (χ0n) is 16.2. The van der Waals surface area contributed by atoms with Gasteiger partial charge in [-0.05, 0) is 41.8 Å². The van der Waals surface area contributed by atoms with Crippen molar-refractivity contribution in [3.63, 3.8) is 0 Å². The molecule has 7 nitrogen and oxygen atoms in total. The molecule has 0 fully saturated rings. The third-order valence-corrected chi connectivity index (χ3v) is 4.77. The van der Waals surface area contributed by atoms with Crippen LogP contribution in [0, 0.1) is 0 Å². The molecule has 29 heavy (non-hydrogen) atoms. The van der Waals surface area contributed by atoms with Gasteiger partial charge in [0, 0.05) is 30.6 Å². The summed E-state index contributed by atoms with van der Waals surface area (Å²) in [5.41, 5.74) is 3.34. The van der Waals surface area contributed by atoms with E-state index < -0.39 is 0 Å². The first-order chi connectivity index (χ1) is 14.2. The summed E-state index contributed by atoms with van der Waals surface area (Å²) < 4.78 is 12.3. The number of aromatic nitrogens is 4. The van der Waals surface area contributed by atoms with Gasteiger partial charge in [0.1, 0.15) is 17.8 Å². The molecule has 7 heteroatoms. The summed E-state index contributed by atoms with van der Waals surface area (Å²) in [5.74, 6) is 1.44. The summed E-state index contributed by atoms with van der Waals surface area (Å²) >= 11 is 0. The Morgan fingerprint density at radius 3 is 2.34 bits per heavy atom. The Morgan fingerprint density at radius 1 is 0.931 bits per heavy atom. The van der Waals surface area contributed by atoms with E-state index >= 15 is 0 Å². The predicted octanol–water partition coefficient (Wildman–Crippen LogP) is 3.11. The number of aryl methyl sites for hydroxylation is 2. The number of fused-ring (bicyclic) bond motifs is 1. The highest BCUT2D eigenvalue weighted by molar-refractivity contribution is 5.83. The standard InChI is InChI=1S/C22H20N4O3/c1-28-18-7-15(8-19(10-18)29-2)5-6-26-14-25-21-4-3-16(9-20(21)22(26)27)17-11-23-13-24-12-17/h3-4,7-14H,5-6H2,1-2H3. The molecular weight excluding hydrogens is 368 g/mol. The monoisotopic (exact) mass is 388 g/mol. The molecule has 0 saturated carbocycles. The van der Waals surface area contributed by atoms with Crippen LogP contribution in [0.3, 0.4) is 0 Å². The summed E-state index contributed by atoms with van der Waals surface area (Å²) in [7, 11) is 3.23. The number of hydrogen-bond acceptors (Lipinski definition) is 6. The van der Waals surface area contributed by atoms with Gasteiger partial charge in [0.25, 0.3) is 5.56 Å². The van der Waals surface area contributed by atoms with Crippen LogP contribution in [0.15, 0.2) is 66.2 Å². The molecule has 0 spiro atoms. The summed E-state index contributed by atoms with van der Waals surface area (Å²) in [5, 5.41) is 0.567. The van der Waals surface area contributed by atoms with Gasteiger partial charge in [-0.2, -0.15) is 0 Å². The topological polar surface area (TPSA) is 79.1 Å². The first-order valence-corrected chi connectivity index (χ1v) is 9.14. The summed E-state index contributed by atoms with van der Waals surface area (Å²) in [6.07, 6.45) is 7.16. The molecular formula is C22H20N4O3. The van der Waals surface area contributed by atoms with E-state index in [0.29, 0.717) is 23.9 Å². The third kappa shape index (κ3) is 3.94.